The van der Waals surface area contributed by atoms with Crippen molar-refractivity contribution in [3.05, 3.63) is 0 Å². The van der Waals surface area contributed by atoms with E-state index in [1.807, 2.05) is 0 Å². The molecule has 21 heterocycles. The van der Waals surface area contributed by atoms with Crippen molar-refractivity contribution >= 4 is 0 Å². The number of hydrogen-bond donors (Lipinski definition) is 1. The Hall–Kier alpha value is -1.40. The van der Waals surface area contributed by atoms with E-state index in [9.17, 15) is 0 Å². The average Bonchev–Trinajstić information content (AvgIpc) is 0.778. The Labute approximate surface area is 568 Å². The minimum Gasteiger partial charge on any atom is -0.382 e. The number of methoxy groups -OCH3 is 20. The maximum absolute atomic E-state index is 7.02. The highest BCUT2D eigenvalue weighted by Crippen LogP contribution is 2.43. The third-order valence-electron chi connectivity index (χ3n) is 19.2. The zero-order valence-electron chi connectivity index (χ0n) is 59.6. The molecule has 35 nitrogen and oxygen atoms in total. The van der Waals surface area contributed by atoms with Crippen LogP contribution in [0.2, 0.25) is 0 Å². The summed E-state index contributed by atoms with van der Waals surface area (Å²) in [6, 6.07) is 0. The van der Waals surface area contributed by atoms with E-state index in [2.05, 4.69) is 0 Å². The number of ether oxygens (including phenoxy) is 34. The van der Waals surface area contributed by atoms with Gasteiger partial charge in [0.25, 0.3) is 0 Å². The van der Waals surface area contributed by atoms with Crippen molar-refractivity contribution in [3.8, 4) is 0 Å². The number of nitrogens with two attached hydrogens (primary N) is 1. The Kier molecular flexibility index (Phi) is 33.2. The molecular weight excluding hydrogens is 1300 g/mol. The Morgan fingerprint density at radius 2 is 0.299 bits per heavy atom. The van der Waals surface area contributed by atoms with Crippen LogP contribution >= 0.6 is 0 Å². The Bertz CT molecular complexity index is 2180. The van der Waals surface area contributed by atoms with Crippen LogP contribution in [0.25, 0.3) is 0 Å². The van der Waals surface area contributed by atoms with Crippen LogP contribution < -0.4 is 5.73 Å². The highest BCUT2D eigenvalue weighted by molar-refractivity contribution is 5.04. The first-order valence-electron chi connectivity index (χ1n) is 32.4. The van der Waals surface area contributed by atoms with Gasteiger partial charge in [-0.05, 0) is 0 Å². The van der Waals surface area contributed by atoms with E-state index >= 15 is 0 Å². The van der Waals surface area contributed by atoms with Crippen LogP contribution in [0.3, 0.4) is 0 Å². The van der Waals surface area contributed by atoms with Crippen molar-refractivity contribution in [2.45, 2.75) is 215 Å². The first kappa shape index (κ1) is 81.3. The van der Waals surface area contributed by atoms with E-state index in [0.29, 0.717) is 0 Å². The van der Waals surface area contributed by atoms with Crippen molar-refractivity contribution in [3.63, 3.8) is 0 Å². The van der Waals surface area contributed by atoms with E-state index in [-0.39, 0.29) is 46.2 Å². The first-order valence-corrected chi connectivity index (χ1v) is 32.4. The van der Waals surface area contributed by atoms with Gasteiger partial charge in [-0.3, -0.25) is 0 Å². The molecule has 568 valence electrons. The van der Waals surface area contributed by atoms with Crippen molar-refractivity contribution in [1.82, 2.24) is 0 Å². The summed E-state index contributed by atoms with van der Waals surface area (Å²) in [5, 5.41) is 0. The fourth-order valence-corrected chi connectivity index (χ4v) is 14.7. The van der Waals surface area contributed by atoms with Crippen LogP contribution in [-0.2, 0) is 161 Å². The van der Waals surface area contributed by atoms with Gasteiger partial charge in [0.05, 0.1) is 39.6 Å². The lowest BCUT2D eigenvalue weighted by atomic mass is 9.94. The van der Waals surface area contributed by atoms with E-state index < -0.39 is 215 Å². The van der Waals surface area contributed by atoms with Gasteiger partial charge in [-0.1, -0.05) is 0 Å². The molecule has 21 fully saturated rings. The largest absolute Gasteiger partial charge is 0.382 e. The third kappa shape index (κ3) is 17.6. The molecule has 21 aliphatic heterocycles. The molecule has 0 radical (unpaired) electrons. The maximum atomic E-state index is 7.02. The van der Waals surface area contributed by atoms with Gasteiger partial charge in [-0.15, -0.1) is 0 Å². The van der Waals surface area contributed by atoms with Crippen LogP contribution in [-0.4, -0.2) is 403 Å². The minimum absolute atomic E-state index is 0.0382. The molecule has 0 unspecified atom stereocenters. The molecule has 97 heavy (non-hydrogen) atoms. The predicted octanol–water partition coefficient (Wildman–Crippen LogP) is -2.18. The lowest BCUT2D eigenvalue weighted by Crippen LogP contribution is -2.69. The van der Waals surface area contributed by atoms with Gasteiger partial charge in [0, 0.05) is 149 Å². The molecule has 14 bridgehead atoms. The van der Waals surface area contributed by atoms with Crippen molar-refractivity contribution in [2.24, 2.45) is 5.73 Å². The predicted molar refractivity (Wildman–Crippen MR) is 326 cm³/mol. The van der Waals surface area contributed by atoms with Crippen LogP contribution in [0.4, 0.5) is 0 Å². The van der Waals surface area contributed by atoms with Gasteiger partial charge in [0.1, 0.15) is 171 Å². The SMILES string of the molecule is COC[C@H]1O[C@@H]2O[C@H]3[C@H](OC)[C@@H](OC)[C@@H](O[C@H]4[C@H](OC)[C@@H](OC)[C@@H](O[C@H]5[C@H](OC)[C@@H](OC)[C@@H](O[C@H]6[C@H](OC)[C@@H](OC)[C@@H](O[C@H]7[C@@H](OC)[C@H](OC)[C@@H](O[C@H]8[C@@H](OC)[C@H](OC)[C@@H](O[C@H]1[C@H](OC)[C@H]2OC)O[C@@H]8COC)O[C@@H]7COC)O[C@@H]6COC)O[C@@H]5COC)O[C@@H]4COC)O[C@@H]3CN. The fraction of sp³-hybridized carbons (Fsp3) is 1.00. The molecule has 0 aromatic rings. The molecule has 0 amide bonds. The molecule has 0 aliphatic carbocycles. The summed E-state index contributed by atoms with van der Waals surface area (Å²) in [4.78, 5) is 0. The number of rotatable bonds is 27. The molecule has 21 saturated heterocycles. The van der Waals surface area contributed by atoms with Gasteiger partial charge in [-0.25, -0.2) is 0 Å². The first-order chi connectivity index (χ1) is 47.2. The van der Waals surface area contributed by atoms with Crippen molar-refractivity contribution in [2.75, 3.05) is 188 Å². The summed E-state index contributed by atoms with van der Waals surface area (Å²) in [5.74, 6) is 0. The Balaban J connectivity index is 1.23. The quantitative estimate of drug-likeness (QED) is 0.0913. The lowest BCUT2D eigenvalue weighted by Gasteiger charge is -2.52. The molecule has 0 saturated carbocycles. The van der Waals surface area contributed by atoms with Gasteiger partial charge in [0.15, 0.2) is 44.0 Å². The molecule has 0 aromatic carbocycles. The van der Waals surface area contributed by atoms with Crippen LogP contribution in [0, 0.1) is 0 Å². The second-order valence-corrected chi connectivity index (χ2v) is 24.3. The number of hydrogen-bond acceptors (Lipinski definition) is 35. The zero-order chi connectivity index (χ0) is 70.2. The molecule has 0 spiro atoms. The summed E-state index contributed by atoms with van der Waals surface area (Å²) in [6.07, 6.45) is -35.9. The van der Waals surface area contributed by atoms with Crippen LogP contribution in [0.1, 0.15) is 0 Å². The minimum atomic E-state index is -1.22. The van der Waals surface area contributed by atoms with E-state index in [1.165, 1.54) is 142 Å². The highest BCUT2D eigenvalue weighted by Gasteiger charge is 2.62. The summed E-state index contributed by atoms with van der Waals surface area (Å²) < 4.78 is 220. The van der Waals surface area contributed by atoms with Crippen LogP contribution in [0.15, 0.2) is 0 Å². The molecular formula is C62H111NO34. The van der Waals surface area contributed by atoms with Crippen molar-refractivity contribution < 1.29 is 161 Å². The van der Waals surface area contributed by atoms with Gasteiger partial charge in [-0.2, -0.15) is 0 Å². The monoisotopic (exact) mass is 1410 g/mol. The second-order valence-electron chi connectivity index (χ2n) is 24.3. The van der Waals surface area contributed by atoms with Crippen LogP contribution in [0.5, 0.6) is 0 Å². The standard InChI is InChI=1S/C62H111NO34/c1-64-22-29-36-43(71-8)51(79-16)58(86-29)94-38-31(24-66-3)88-60(53(81-18)45(38)73-10)96-40-33(26-68-5)90-62(55(83-20)47(40)75-12)97-41-34(27-69-6)89-61(54(82-19)48(41)76-13)95-39-32(25-67-4)87-59(52(80-17)46(39)74-11)93-37-30(23-65-2)85-57(50(78-15)44(37)72-9)91-35-28(21-63)84-56(92-36)49(77-14)42(35)70-7/h28-62H,21-27,63H2,1-20H3/t28-,29-,30-,31-,32-,33-,34-,35-,36-,37-,38-,39-,40-,41-,42+,43+,44+,45+,46-,47+,48-,49-,50-,51-,52+,53-,54+,55-,56-,57-,58-,59-,60-,61-,62-/m1/s1. The normalized spacial score (nSPS) is 46.4. The zero-order valence-corrected chi connectivity index (χ0v) is 59.6. The van der Waals surface area contributed by atoms with Gasteiger partial charge in [0.2, 0.25) is 0 Å². The molecule has 35 atom stereocenters. The second kappa shape index (κ2) is 39.6. The molecule has 35 heteroatoms. The van der Waals surface area contributed by atoms with E-state index in [1.54, 1.807) is 0 Å². The van der Waals surface area contributed by atoms with Gasteiger partial charge < -0.3 is 167 Å². The third-order valence-corrected chi connectivity index (χ3v) is 19.2. The smallest absolute Gasteiger partial charge is 0.187 e. The summed E-state index contributed by atoms with van der Waals surface area (Å²) in [5.41, 5.74) is 6.62. The average molecular weight is 1410 g/mol. The Morgan fingerprint density at radius 1 is 0.175 bits per heavy atom. The molecule has 21 rings (SSSR count). The van der Waals surface area contributed by atoms with Gasteiger partial charge >= 0.3 is 0 Å². The van der Waals surface area contributed by atoms with Crippen molar-refractivity contribution in [1.29, 1.82) is 0 Å². The summed E-state index contributed by atoms with van der Waals surface area (Å²) >= 11 is 0. The van der Waals surface area contributed by atoms with E-state index in [4.69, 9.17) is 167 Å². The van der Waals surface area contributed by atoms with E-state index in [0.717, 1.165) is 0 Å². The molecule has 21 aliphatic rings. The topological polar surface area (TPSA) is 340 Å². The maximum Gasteiger partial charge on any atom is 0.187 e. The lowest BCUT2D eigenvalue weighted by molar-refractivity contribution is -0.402. The fourth-order valence-electron chi connectivity index (χ4n) is 14.7. The molecule has 0 aromatic heterocycles. The Morgan fingerprint density at radius 3 is 0.412 bits per heavy atom. The molecule has 2 N–H and O–H groups in total. The highest BCUT2D eigenvalue weighted by atomic mass is 16.8. The summed E-state index contributed by atoms with van der Waals surface area (Å²) in [7, 11) is 30.1. The summed E-state index contributed by atoms with van der Waals surface area (Å²) in [6.45, 7) is -0.339.